The molecule has 0 saturated carbocycles. The topological polar surface area (TPSA) is 92.6 Å². The van der Waals surface area contributed by atoms with Crippen LogP contribution in [-0.2, 0) is 4.79 Å². The summed E-state index contributed by atoms with van der Waals surface area (Å²) >= 11 is 0. The van der Waals surface area contributed by atoms with Gasteiger partial charge in [0.05, 0.1) is 6.17 Å². The number of likely N-dealkylation sites (tertiary alicyclic amines) is 1. The smallest absolute Gasteiger partial charge is 0.320 e. The largest absolute Gasteiger partial charge is 0.480 e. The Bertz CT molecular complexity index is 215. The monoisotopic (exact) mass is 229 g/mol. The summed E-state index contributed by atoms with van der Waals surface area (Å²) in [5.74, 6) is -0.942. The summed E-state index contributed by atoms with van der Waals surface area (Å²) in [6, 6.07) is -0.780. The molecule has 2 atom stereocenters. The number of nitrogens with two attached hydrogens (primary N) is 2. The van der Waals surface area contributed by atoms with Crippen molar-refractivity contribution in [2.24, 2.45) is 11.5 Å². The van der Waals surface area contributed by atoms with Gasteiger partial charge in [-0.2, -0.15) is 0 Å². The van der Waals surface area contributed by atoms with E-state index in [1.807, 2.05) is 0 Å². The van der Waals surface area contributed by atoms with Crippen LogP contribution in [0, 0.1) is 0 Å². The molecule has 0 bridgehead atoms. The molecule has 1 fully saturated rings. The van der Waals surface area contributed by atoms with Crippen LogP contribution in [-0.4, -0.2) is 41.3 Å². The second kappa shape index (κ2) is 6.83. The summed E-state index contributed by atoms with van der Waals surface area (Å²) in [5.41, 5.74) is 11.5. The van der Waals surface area contributed by atoms with Crippen molar-refractivity contribution in [2.75, 3.05) is 13.1 Å². The Labute approximate surface area is 96.8 Å². The minimum absolute atomic E-state index is 0.0384. The fourth-order valence-corrected chi connectivity index (χ4v) is 2.08. The maximum absolute atomic E-state index is 10.6. The molecule has 5 N–H and O–H groups in total. The average Bonchev–Trinajstić information content (AvgIpc) is 2.53. The number of hydrogen-bond acceptors (Lipinski definition) is 4. The number of carboxylic acid groups (broad SMARTS) is 1. The highest BCUT2D eigenvalue weighted by Crippen LogP contribution is 2.13. The van der Waals surface area contributed by atoms with Gasteiger partial charge in [-0.15, -0.1) is 0 Å². The van der Waals surface area contributed by atoms with E-state index in [4.69, 9.17) is 16.6 Å². The fraction of sp³-hybridized carbons (Fsp3) is 0.909. The molecule has 1 saturated heterocycles. The Balaban J connectivity index is 2.27. The van der Waals surface area contributed by atoms with Crippen molar-refractivity contribution >= 4 is 5.97 Å². The van der Waals surface area contributed by atoms with Crippen molar-refractivity contribution < 1.29 is 9.90 Å². The predicted octanol–water partition coefficient (Wildman–Crippen LogP) is 0.339. The zero-order valence-corrected chi connectivity index (χ0v) is 9.77. The third-order valence-corrected chi connectivity index (χ3v) is 3.20. The Hall–Kier alpha value is -0.650. The van der Waals surface area contributed by atoms with Crippen molar-refractivity contribution in [3.63, 3.8) is 0 Å². The second-order valence-electron chi connectivity index (χ2n) is 4.54. The molecule has 16 heavy (non-hydrogen) atoms. The predicted molar refractivity (Wildman–Crippen MR) is 62.9 cm³/mol. The van der Waals surface area contributed by atoms with E-state index >= 15 is 0 Å². The summed E-state index contributed by atoms with van der Waals surface area (Å²) in [6.45, 7) is 2.06. The van der Waals surface area contributed by atoms with Gasteiger partial charge in [-0.25, -0.2) is 0 Å². The van der Waals surface area contributed by atoms with Crippen LogP contribution in [0.15, 0.2) is 0 Å². The van der Waals surface area contributed by atoms with Crippen LogP contribution < -0.4 is 11.5 Å². The van der Waals surface area contributed by atoms with E-state index in [0.717, 1.165) is 13.1 Å². The van der Waals surface area contributed by atoms with Gasteiger partial charge < -0.3 is 16.6 Å². The molecule has 0 amide bonds. The zero-order valence-electron chi connectivity index (χ0n) is 9.77. The second-order valence-corrected chi connectivity index (χ2v) is 4.54. The first-order chi connectivity index (χ1) is 7.61. The SMILES string of the molecule is NC(CC[C@H](N)C(=O)O)N1CCCCCC1. The third kappa shape index (κ3) is 4.47. The minimum Gasteiger partial charge on any atom is -0.480 e. The molecule has 94 valence electrons. The van der Waals surface area contributed by atoms with Crippen molar-refractivity contribution in [3.8, 4) is 0 Å². The molecule has 0 aromatic carbocycles. The van der Waals surface area contributed by atoms with Crippen LogP contribution >= 0.6 is 0 Å². The van der Waals surface area contributed by atoms with E-state index < -0.39 is 12.0 Å². The normalized spacial score (nSPS) is 22.4. The minimum atomic E-state index is -0.942. The number of hydrogen-bond donors (Lipinski definition) is 3. The summed E-state index contributed by atoms with van der Waals surface area (Å²) in [6.07, 6.45) is 6.01. The number of aliphatic carboxylic acids is 1. The zero-order chi connectivity index (χ0) is 12.0. The van der Waals surface area contributed by atoms with E-state index in [1.54, 1.807) is 0 Å². The molecule has 1 aliphatic rings. The first kappa shape index (κ1) is 13.4. The summed E-state index contributed by atoms with van der Waals surface area (Å²) in [4.78, 5) is 12.8. The lowest BCUT2D eigenvalue weighted by atomic mass is 10.1. The summed E-state index contributed by atoms with van der Waals surface area (Å²) in [7, 11) is 0. The standard InChI is InChI=1S/C11H23N3O2/c12-9(11(15)16)5-6-10(13)14-7-3-1-2-4-8-14/h9-10H,1-8,12-13H2,(H,15,16)/t9-,10?/m0/s1. The number of nitrogens with zero attached hydrogens (tertiary/aromatic N) is 1. The molecule has 1 unspecified atom stereocenters. The molecule has 0 radical (unpaired) electrons. The quantitative estimate of drug-likeness (QED) is 0.632. The molecule has 0 aliphatic carbocycles. The van der Waals surface area contributed by atoms with Crippen LogP contribution in [0.1, 0.15) is 38.5 Å². The molecule has 5 nitrogen and oxygen atoms in total. The molecular weight excluding hydrogens is 206 g/mol. The van der Waals surface area contributed by atoms with Gasteiger partial charge in [0.15, 0.2) is 0 Å². The maximum Gasteiger partial charge on any atom is 0.320 e. The number of carbonyl (C=O) groups is 1. The molecule has 5 heteroatoms. The highest BCUT2D eigenvalue weighted by molar-refractivity contribution is 5.72. The van der Waals surface area contributed by atoms with Crippen LogP contribution in [0.2, 0.25) is 0 Å². The number of rotatable bonds is 5. The van der Waals surface area contributed by atoms with Crippen LogP contribution in [0.25, 0.3) is 0 Å². The van der Waals surface area contributed by atoms with Gasteiger partial charge >= 0.3 is 5.97 Å². The van der Waals surface area contributed by atoms with Crippen LogP contribution in [0.3, 0.4) is 0 Å². The molecule has 1 rings (SSSR count). The van der Waals surface area contributed by atoms with Crippen molar-refractivity contribution in [1.82, 2.24) is 4.90 Å². The summed E-state index contributed by atoms with van der Waals surface area (Å²) < 4.78 is 0. The van der Waals surface area contributed by atoms with Crippen LogP contribution in [0.4, 0.5) is 0 Å². The lowest BCUT2D eigenvalue weighted by Gasteiger charge is -2.27. The highest BCUT2D eigenvalue weighted by atomic mass is 16.4. The Morgan fingerprint density at radius 3 is 2.19 bits per heavy atom. The van der Waals surface area contributed by atoms with E-state index in [-0.39, 0.29) is 6.17 Å². The maximum atomic E-state index is 10.6. The van der Waals surface area contributed by atoms with E-state index in [0.29, 0.717) is 12.8 Å². The molecule has 0 spiro atoms. The summed E-state index contributed by atoms with van der Waals surface area (Å²) in [5, 5.41) is 8.67. The van der Waals surface area contributed by atoms with Gasteiger partial charge in [0, 0.05) is 0 Å². The van der Waals surface area contributed by atoms with Gasteiger partial charge in [-0.3, -0.25) is 9.69 Å². The van der Waals surface area contributed by atoms with Gasteiger partial charge in [-0.1, -0.05) is 12.8 Å². The number of carboxylic acids is 1. The van der Waals surface area contributed by atoms with Crippen LogP contribution in [0.5, 0.6) is 0 Å². The molecule has 1 heterocycles. The first-order valence-corrected chi connectivity index (χ1v) is 6.09. The van der Waals surface area contributed by atoms with E-state index in [2.05, 4.69) is 4.90 Å². The lowest BCUT2D eigenvalue weighted by Crippen LogP contribution is -2.44. The van der Waals surface area contributed by atoms with E-state index in [1.165, 1.54) is 25.7 Å². The molecule has 1 aliphatic heterocycles. The van der Waals surface area contributed by atoms with Crippen molar-refractivity contribution in [2.45, 2.75) is 50.7 Å². The van der Waals surface area contributed by atoms with E-state index in [9.17, 15) is 4.79 Å². The Kier molecular flexibility index (Phi) is 5.73. The van der Waals surface area contributed by atoms with Gasteiger partial charge in [0.2, 0.25) is 0 Å². The molecule has 0 aromatic heterocycles. The van der Waals surface area contributed by atoms with Gasteiger partial charge in [0.1, 0.15) is 6.04 Å². The fourth-order valence-electron chi connectivity index (χ4n) is 2.08. The average molecular weight is 229 g/mol. The van der Waals surface area contributed by atoms with Gasteiger partial charge in [-0.05, 0) is 38.8 Å². The molecule has 0 aromatic rings. The first-order valence-electron chi connectivity index (χ1n) is 6.09. The lowest BCUT2D eigenvalue weighted by molar-refractivity contribution is -0.138. The third-order valence-electron chi connectivity index (χ3n) is 3.20. The highest BCUT2D eigenvalue weighted by Gasteiger charge is 2.18. The Morgan fingerprint density at radius 2 is 1.69 bits per heavy atom. The van der Waals surface area contributed by atoms with Gasteiger partial charge in [0.25, 0.3) is 0 Å². The van der Waals surface area contributed by atoms with Crippen molar-refractivity contribution in [1.29, 1.82) is 0 Å². The molecular formula is C11H23N3O2. The Morgan fingerprint density at radius 1 is 1.12 bits per heavy atom. The van der Waals surface area contributed by atoms with Crippen molar-refractivity contribution in [3.05, 3.63) is 0 Å².